The molecule has 2 nitrogen and oxygen atoms in total. The van der Waals surface area contributed by atoms with Crippen LogP contribution in [-0.2, 0) is 0 Å². The average Bonchev–Trinajstić information content (AvgIpc) is 2.19. The molecule has 0 radical (unpaired) electrons. The summed E-state index contributed by atoms with van der Waals surface area (Å²) >= 11 is 1.53. The van der Waals surface area contributed by atoms with Gasteiger partial charge in [-0.25, -0.2) is 0 Å². The Hall–Kier alpha value is -0.810. The van der Waals surface area contributed by atoms with Crippen LogP contribution in [0.15, 0.2) is 29.2 Å². The molecule has 0 heterocycles. The summed E-state index contributed by atoms with van der Waals surface area (Å²) in [4.78, 5) is 0.994. The zero-order valence-corrected chi connectivity index (χ0v) is 8.48. The van der Waals surface area contributed by atoms with Gasteiger partial charge in [-0.15, -0.1) is 11.8 Å². The van der Waals surface area contributed by atoms with Crippen LogP contribution >= 0.6 is 11.8 Å². The Labute approximate surface area is 85.4 Å². The summed E-state index contributed by atoms with van der Waals surface area (Å²) in [5.41, 5.74) is 4.83. The van der Waals surface area contributed by atoms with Crippen molar-refractivity contribution < 1.29 is 13.5 Å². The van der Waals surface area contributed by atoms with Crippen LogP contribution in [-0.4, -0.2) is 18.9 Å². The molecule has 2 N–H and O–H groups in total. The maximum Gasteiger partial charge on any atom is 0.410 e. The molecule has 0 spiro atoms. The quantitative estimate of drug-likeness (QED) is 0.789. The molecule has 0 unspecified atom stereocenters. The van der Waals surface area contributed by atoms with Gasteiger partial charge in [0.1, 0.15) is 5.75 Å². The van der Waals surface area contributed by atoms with E-state index >= 15 is 0 Å². The van der Waals surface area contributed by atoms with Gasteiger partial charge in [0.25, 0.3) is 0 Å². The predicted molar refractivity (Wildman–Crippen MR) is 52.9 cm³/mol. The topological polar surface area (TPSA) is 35.2 Å². The van der Waals surface area contributed by atoms with E-state index in [1.807, 2.05) is 6.26 Å². The lowest BCUT2D eigenvalue weighted by atomic mass is 10.3. The van der Waals surface area contributed by atoms with Crippen molar-refractivity contribution in [2.75, 3.05) is 12.8 Å². The van der Waals surface area contributed by atoms with E-state index in [0.717, 1.165) is 4.90 Å². The number of hydrogen-bond acceptors (Lipinski definition) is 3. The number of ether oxygens (including phenoxy) is 1. The lowest BCUT2D eigenvalue weighted by molar-refractivity contribution is -0.166. The monoisotopic (exact) mass is 219 g/mol. The Balaban J connectivity index is 2.69. The smallest absolute Gasteiger partial charge is 0.410 e. The molecular weight excluding hydrogens is 208 g/mol. The highest BCUT2D eigenvalue weighted by molar-refractivity contribution is 7.98. The fourth-order valence-electron chi connectivity index (χ4n) is 0.858. The first-order chi connectivity index (χ1) is 6.57. The van der Waals surface area contributed by atoms with Gasteiger partial charge in [0.15, 0.2) is 0 Å². The van der Waals surface area contributed by atoms with Crippen LogP contribution in [0.3, 0.4) is 0 Å². The molecule has 0 saturated heterocycles. The van der Waals surface area contributed by atoms with E-state index in [2.05, 4.69) is 4.74 Å². The molecule has 0 saturated carbocycles. The van der Waals surface area contributed by atoms with E-state index in [9.17, 15) is 8.78 Å². The maximum absolute atomic E-state index is 12.7. The molecule has 0 bridgehead atoms. The van der Waals surface area contributed by atoms with Gasteiger partial charge in [0.05, 0.1) is 6.54 Å². The lowest BCUT2D eigenvalue weighted by Gasteiger charge is -2.15. The summed E-state index contributed by atoms with van der Waals surface area (Å²) in [6.07, 6.45) is -1.38. The maximum atomic E-state index is 12.7. The number of thioether (sulfide) groups is 1. The molecule has 0 atom stereocenters. The third-order valence-electron chi connectivity index (χ3n) is 1.56. The Morgan fingerprint density at radius 3 is 2.36 bits per heavy atom. The summed E-state index contributed by atoms with van der Waals surface area (Å²) in [6, 6.07) is 6.42. The van der Waals surface area contributed by atoms with E-state index < -0.39 is 12.7 Å². The van der Waals surface area contributed by atoms with E-state index in [-0.39, 0.29) is 5.75 Å². The normalized spacial score (nSPS) is 11.4. The van der Waals surface area contributed by atoms with Crippen LogP contribution in [0, 0.1) is 0 Å². The summed E-state index contributed by atoms with van der Waals surface area (Å²) in [5, 5.41) is 0. The summed E-state index contributed by atoms with van der Waals surface area (Å²) < 4.78 is 29.7. The van der Waals surface area contributed by atoms with Crippen molar-refractivity contribution in [2.24, 2.45) is 5.73 Å². The third kappa shape index (κ3) is 3.16. The van der Waals surface area contributed by atoms with Crippen molar-refractivity contribution in [3.63, 3.8) is 0 Å². The number of alkyl halides is 2. The van der Waals surface area contributed by atoms with E-state index in [4.69, 9.17) is 5.73 Å². The second kappa shape index (κ2) is 4.61. The largest absolute Gasteiger partial charge is 0.432 e. The second-order valence-corrected chi connectivity index (χ2v) is 3.50. The number of benzene rings is 1. The molecular formula is C9H11F2NOS. The second-order valence-electron chi connectivity index (χ2n) is 2.62. The van der Waals surface area contributed by atoms with Crippen molar-refractivity contribution in [2.45, 2.75) is 11.0 Å². The van der Waals surface area contributed by atoms with Crippen molar-refractivity contribution >= 4 is 11.8 Å². The van der Waals surface area contributed by atoms with E-state index in [0.29, 0.717) is 0 Å². The molecule has 1 aromatic carbocycles. The SMILES string of the molecule is CSc1ccc(OC(F)(F)CN)cc1. The predicted octanol–water partition coefficient (Wildman–Crippen LogP) is 2.34. The number of hydrogen-bond donors (Lipinski definition) is 1. The van der Waals surface area contributed by atoms with Gasteiger partial charge < -0.3 is 10.5 Å². The highest BCUT2D eigenvalue weighted by Gasteiger charge is 2.28. The molecule has 14 heavy (non-hydrogen) atoms. The van der Waals surface area contributed by atoms with Crippen molar-refractivity contribution in [3.8, 4) is 5.75 Å². The van der Waals surface area contributed by atoms with Crippen LogP contribution in [0.4, 0.5) is 8.78 Å². The van der Waals surface area contributed by atoms with Crippen LogP contribution in [0.2, 0.25) is 0 Å². The summed E-state index contributed by atoms with van der Waals surface area (Å²) in [5.74, 6) is 0.123. The molecule has 0 aromatic heterocycles. The summed E-state index contributed by atoms with van der Waals surface area (Å²) in [6.45, 7) is -0.822. The Bertz CT molecular complexity index is 289. The van der Waals surface area contributed by atoms with Crippen LogP contribution in [0.5, 0.6) is 5.75 Å². The molecule has 1 aromatic rings. The zero-order valence-electron chi connectivity index (χ0n) is 7.67. The Morgan fingerprint density at radius 2 is 1.93 bits per heavy atom. The standard InChI is InChI=1S/C9H11F2NOS/c1-14-8-4-2-7(3-5-8)13-9(10,11)6-12/h2-5H,6,12H2,1H3. The molecule has 0 fully saturated rings. The molecule has 0 aliphatic heterocycles. The first-order valence-corrected chi connectivity index (χ1v) is 5.21. The lowest BCUT2D eigenvalue weighted by Crippen LogP contribution is -2.34. The Kier molecular flexibility index (Phi) is 3.71. The number of halogens is 2. The fourth-order valence-corrected chi connectivity index (χ4v) is 1.27. The minimum absolute atomic E-state index is 0.123. The highest BCUT2D eigenvalue weighted by atomic mass is 32.2. The minimum atomic E-state index is -3.29. The van der Waals surface area contributed by atoms with Gasteiger partial charge in [-0.3, -0.25) is 0 Å². The van der Waals surface area contributed by atoms with Gasteiger partial charge in [0, 0.05) is 4.90 Å². The van der Waals surface area contributed by atoms with Gasteiger partial charge in [-0.1, -0.05) is 0 Å². The van der Waals surface area contributed by atoms with Gasteiger partial charge in [-0.05, 0) is 30.5 Å². The molecule has 0 aliphatic carbocycles. The first kappa shape index (κ1) is 11.3. The van der Waals surface area contributed by atoms with Crippen molar-refractivity contribution in [1.29, 1.82) is 0 Å². The minimum Gasteiger partial charge on any atom is -0.432 e. The summed E-state index contributed by atoms with van der Waals surface area (Å²) in [7, 11) is 0. The van der Waals surface area contributed by atoms with Crippen LogP contribution in [0.1, 0.15) is 0 Å². The van der Waals surface area contributed by atoms with Gasteiger partial charge in [-0.2, -0.15) is 8.78 Å². The zero-order chi connectivity index (χ0) is 10.6. The van der Waals surface area contributed by atoms with Gasteiger partial charge in [0.2, 0.25) is 0 Å². The van der Waals surface area contributed by atoms with Crippen molar-refractivity contribution in [1.82, 2.24) is 0 Å². The van der Waals surface area contributed by atoms with Crippen molar-refractivity contribution in [3.05, 3.63) is 24.3 Å². The van der Waals surface area contributed by atoms with Crippen LogP contribution < -0.4 is 10.5 Å². The molecule has 0 amide bonds. The first-order valence-electron chi connectivity index (χ1n) is 3.98. The fraction of sp³-hybridized carbons (Fsp3) is 0.333. The molecule has 5 heteroatoms. The molecule has 78 valence electrons. The average molecular weight is 219 g/mol. The molecule has 1 rings (SSSR count). The van der Waals surface area contributed by atoms with Gasteiger partial charge >= 0.3 is 6.11 Å². The van der Waals surface area contributed by atoms with E-state index in [1.54, 1.807) is 12.1 Å². The third-order valence-corrected chi connectivity index (χ3v) is 2.31. The number of rotatable bonds is 4. The highest BCUT2D eigenvalue weighted by Crippen LogP contribution is 2.23. The van der Waals surface area contributed by atoms with E-state index in [1.165, 1.54) is 23.9 Å². The van der Waals surface area contributed by atoms with Crippen LogP contribution in [0.25, 0.3) is 0 Å². The molecule has 0 aliphatic rings. The number of nitrogens with two attached hydrogens (primary N) is 1. The Morgan fingerprint density at radius 1 is 1.36 bits per heavy atom.